The molecule has 0 spiro atoms. The van der Waals surface area contributed by atoms with Gasteiger partial charge in [-0.1, -0.05) is 6.07 Å². The van der Waals surface area contributed by atoms with Gasteiger partial charge in [0.05, 0.1) is 6.61 Å². The molecule has 0 aliphatic carbocycles. The summed E-state index contributed by atoms with van der Waals surface area (Å²) in [5.41, 5.74) is 1.10. The van der Waals surface area contributed by atoms with Crippen molar-refractivity contribution in [2.75, 3.05) is 24.6 Å². The minimum Gasteiger partial charge on any atom is -0.477 e. The molecular formula is C15H20N4OS. The largest absolute Gasteiger partial charge is 0.477 e. The quantitative estimate of drug-likeness (QED) is 0.869. The molecule has 0 unspecified atom stereocenters. The number of piperidine rings is 1. The van der Waals surface area contributed by atoms with Gasteiger partial charge in [-0.2, -0.15) is 4.37 Å². The Morgan fingerprint density at radius 3 is 2.81 bits per heavy atom. The van der Waals surface area contributed by atoms with Crippen LogP contribution in [0.2, 0.25) is 0 Å². The number of rotatable bonds is 4. The van der Waals surface area contributed by atoms with Gasteiger partial charge in [-0.3, -0.25) is 0 Å². The molecule has 0 aromatic carbocycles. The highest BCUT2D eigenvalue weighted by atomic mass is 32.1. The molecule has 0 atom stereocenters. The summed E-state index contributed by atoms with van der Waals surface area (Å²) >= 11 is 1.49. The molecule has 5 nitrogen and oxygen atoms in total. The van der Waals surface area contributed by atoms with Gasteiger partial charge in [-0.25, -0.2) is 9.97 Å². The third-order valence-electron chi connectivity index (χ3n) is 3.82. The van der Waals surface area contributed by atoms with Crippen molar-refractivity contribution >= 4 is 16.7 Å². The standard InChI is InChI=1S/C15H20N4OS/c1-11-4-3-7-16-14(11)20-10-13-5-8-19(9-6-13)15-17-12(2)18-21-15/h3-4,7,13H,5-6,8-10H2,1-2H3. The van der Waals surface area contributed by atoms with Crippen LogP contribution in [0.1, 0.15) is 24.2 Å². The number of hydrogen-bond acceptors (Lipinski definition) is 6. The summed E-state index contributed by atoms with van der Waals surface area (Å²) in [5.74, 6) is 2.22. The van der Waals surface area contributed by atoms with Gasteiger partial charge in [0.25, 0.3) is 0 Å². The average molecular weight is 304 g/mol. The van der Waals surface area contributed by atoms with E-state index in [1.54, 1.807) is 6.20 Å². The number of pyridine rings is 1. The number of aromatic nitrogens is 3. The summed E-state index contributed by atoms with van der Waals surface area (Å²) in [7, 11) is 0. The minimum absolute atomic E-state index is 0.594. The van der Waals surface area contributed by atoms with Crippen LogP contribution >= 0.6 is 11.5 Å². The lowest BCUT2D eigenvalue weighted by atomic mass is 9.98. The van der Waals surface area contributed by atoms with Gasteiger partial charge in [-0.15, -0.1) is 0 Å². The lowest BCUT2D eigenvalue weighted by Crippen LogP contribution is -2.35. The van der Waals surface area contributed by atoms with E-state index >= 15 is 0 Å². The zero-order valence-corrected chi connectivity index (χ0v) is 13.3. The molecule has 3 heterocycles. The van der Waals surface area contributed by atoms with Crippen LogP contribution in [0.3, 0.4) is 0 Å². The maximum absolute atomic E-state index is 5.87. The molecule has 1 aliphatic heterocycles. The van der Waals surface area contributed by atoms with Crippen LogP contribution in [-0.2, 0) is 0 Å². The van der Waals surface area contributed by atoms with E-state index in [0.717, 1.165) is 54.9 Å². The fourth-order valence-electron chi connectivity index (χ4n) is 2.52. The van der Waals surface area contributed by atoms with E-state index in [4.69, 9.17) is 4.74 Å². The molecule has 6 heteroatoms. The average Bonchev–Trinajstić information content (AvgIpc) is 2.94. The molecule has 0 amide bonds. The highest BCUT2D eigenvalue weighted by molar-refractivity contribution is 7.09. The van der Waals surface area contributed by atoms with Crippen molar-refractivity contribution in [3.05, 3.63) is 29.7 Å². The molecule has 112 valence electrons. The summed E-state index contributed by atoms with van der Waals surface area (Å²) in [4.78, 5) is 11.1. The number of anilines is 1. The van der Waals surface area contributed by atoms with E-state index in [-0.39, 0.29) is 0 Å². The Morgan fingerprint density at radius 1 is 1.33 bits per heavy atom. The summed E-state index contributed by atoms with van der Waals surface area (Å²) in [6, 6.07) is 3.97. The number of aryl methyl sites for hydroxylation is 2. The topological polar surface area (TPSA) is 51.1 Å². The Hall–Kier alpha value is -1.69. The smallest absolute Gasteiger partial charge is 0.216 e. The van der Waals surface area contributed by atoms with Crippen molar-refractivity contribution in [3.63, 3.8) is 0 Å². The normalized spacial score (nSPS) is 16.2. The first-order valence-electron chi connectivity index (χ1n) is 7.32. The highest BCUT2D eigenvalue weighted by Gasteiger charge is 2.22. The first-order valence-corrected chi connectivity index (χ1v) is 8.09. The lowest BCUT2D eigenvalue weighted by molar-refractivity contribution is 0.215. The first kappa shape index (κ1) is 14.3. The van der Waals surface area contributed by atoms with Gasteiger partial charge in [0.2, 0.25) is 11.0 Å². The Bertz CT molecular complexity index is 593. The summed E-state index contributed by atoms with van der Waals surface area (Å²) in [5, 5.41) is 1.05. The summed E-state index contributed by atoms with van der Waals surface area (Å²) in [6.07, 6.45) is 4.04. The predicted octanol–water partition coefficient (Wildman–Crippen LogP) is 2.85. The lowest BCUT2D eigenvalue weighted by Gasteiger charge is -2.31. The zero-order chi connectivity index (χ0) is 14.7. The van der Waals surface area contributed by atoms with Crippen LogP contribution in [0.4, 0.5) is 5.13 Å². The first-order chi connectivity index (χ1) is 10.2. The molecule has 2 aromatic heterocycles. The van der Waals surface area contributed by atoms with Crippen LogP contribution in [0, 0.1) is 19.8 Å². The zero-order valence-electron chi connectivity index (χ0n) is 12.5. The fourth-order valence-corrected chi connectivity index (χ4v) is 3.25. The van der Waals surface area contributed by atoms with Crippen molar-refractivity contribution < 1.29 is 4.74 Å². The molecule has 1 fully saturated rings. The Balaban J connectivity index is 1.49. The van der Waals surface area contributed by atoms with E-state index in [1.165, 1.54) is 11.5 Å². The maximum atomic E-state index is 5.87. The summed E-state index contributed by atoms with van der Waals surface area (Å²) in [6.45, 7) is 6.78. The predicted molar refractivity (Wildman–Crippen MR) is 84.1 cm³/mol. The van der Waals surface area contributed by atoms with Gasteiger partial charge in [0.15, 0.2) is 0 Å². The molecule has 0 radical (unpaired) electrons. The second kappa shape index (κ2) is 6.39. The van der Waals surface area contributed by atoms with Gasteiger partial charge in [0, 0.05) is 36.4 Å². The summed E-state index contributed by atoms with van der Waals surface area (Å²) < 4.78 is 10.1. The van der Waals surface area contributed by atoms with Crippen molar-refractivity contribution in [1.82, 2.24) is 14.3 Å². The van der Waals surface area contributed by atoms with Crippen LogP contribution in [0.5, 0.6) is 5.88 Å². The molecule has 0 saturated carbocycles. The van der Waals surface area contributed by atoms with E-state index in [1.807, 2.05) is 26.0 Å². The Morgan fingerprint density at radius 2 is 2.14 bits per heavy atom. The number of hydrogen-bond donors (Lipinski definition) is 0. The van der Waals surface area contributed by atoms with Crippen LogP contribution in [-0.4, -0.2) is 34.0 Å². The maximum Gasteiger partial charge on any atom is 0.216 e. The van der Waals surface area contributed by atoms with E-state index < -0.39 is 0 Å². The monoisotopic (exact) mass is 304 g/mol. The van der Waals surface area contributed by atoms with E-state index in [2.05, 4.69) is 19.2 Å². The van der Waals surface area contributed by atoms with Crippen molar-refractivity contribution in [1.29, 1.82) is 0 Å². The van der Waals surface area contributed by atoms with Gasteiger partial charge < -0.3 is 9.64 Å². The van der Waals surface area contributed by atoms with E-state index in [9.17, 15) is 0 Å². The molecule has 2 aromatic rings. The molecule has 1 saturated heterocycles. The molecular weight excluding hydrogens is 284 g/mol. The molecule has 1 aliphatic rings. The van der Waals surface area contributed by atoms with Crippen molar-refractivity contribution in [3.8, 4) is 5.88 Å². The Labute approximate surface area is 129 Å². The fraction of sp³-hybridized carbons (Fsp3) is 0.533. The molecule has 0 N–H and O–H groups in total. The number of nitrogens with zero attached hydrogens (tertiary/aromatic N) is 4. The minimum atomic E-state index is 0.594. The number of ether oxygens (including phenoxy) is 1. The molecule has 0 bridgehead atoms. The van der Waals surface area contributed by atoms with Crippen LogP contribution in [0.25, 0.3) is 0 Å². The second-order valence-electron chi connectivity index (χ2n) is 5.49. The highest BCUT2D eigenvalue weighted by Crippen LogP contribution is 2.25. The van der Waals surface area contributed by atoms with Crippen molar-refractivity contribution in [2.24, 2.45) is 5.92 Å². The molecule has 3 rings (SSSR count). The SMILES string of the molecule is Cc1nsc(N2CCC(COc3ncccc3C)CC2)n1. The van der Waals surface area contributed by atoms with Gasteiger partial charge in [-0.05, 0) is 38.7 Å². The molecule has 21 heavy (non-hydrogen) atoms. The Kier molecular flexibility index (Phi) is 4.34. The van der Waals surface area contributed by atoms with Crippen molar-refractivity contribution in [2.45, 2.75) is 26.7 Å². The second-order valence-corrected chi connectivity index (χ2v) is 6.22. The van der Waals surface area contributed by atoms with Gasteiger partial charge >= 0.3 is 0 Å². The third-order valence-corrected chi connectivity index (χ3v) is 4.69. The van der Waals surface area contributed by atoms with Crippen LogP contribution < -0.4 is 9.64 Å². The third kappa shape index (κ3) is 3.50. The van der Waals surface area contributed by atoms with Crippen LogP contribution in [0.15, 0.2) is 18.3 Å². The van der Waals surface area contributed by atoms with E-state index in [0.29, 0.717) is 5.92 Å². The van der Waals surface area contributed by atoms with Gasteiger partial charge in [0.1, 0.15) is 5.82 Å².